The molecule has 0 unspecified atom stereocenters. The number of carbonyl (C=O) groups is 1. The zero-order chi connectivity index (χ0) is 22.5. The van der Waals surface area contributed by atoms with Crippen LogP contribution in [0, 0.1) is 0 Å². The highest BCUT2D eigenvalue weighted by Gasteiger charge is 2.26. The first-order valence-electron chi connectivity index (χ1n) is 10.9. The molecular weight excluding hydrogens is 412 g/mol. The minimum atomic E-state index is -0.381. The standard InChI is InChI=1S/C22H28N6O4/c1-3-32-21(29)14-28-20(24-25-26-28)13-27(17-6-4-5-7-17)12-16-10-15-11-18(31-2)8-9-19(15)23-22(16)30/h8-11,17H,3-7,12-14H2,1-2H3,(H,23,30). The van der Waals surface area contributed by atoms with Crippen LogP contribution in [0.1, 0.15) is 44.0 Å². The van der Waals surface area contributed by atoms with Gasteiger partial charge in [-0.3, -0.25) is 14.5 Å². The van der Waals surface area contributed by atoms with E-state index in [1.807, 2.05) is 24.3 Å². The molecule has 0 spiro atoms. The first-order chi connectivity index (χ1) is 15.6. The summed E-state index contributed by atoms with van der Waals surface area (Å²) in [5.74, 6) is 0.929. The number of carbonyl (C=O) groups excluding carboxylic acids is 1. The van der Waals surface area contributed by atoms with E-state index in [2.05, 4.69) is 25.4 Å². The number of H-pyrrole nitrogens is 1. The summed E-state index contributed by atoms with van der Waals surface area (Å²) in [6.45, 7) is 2.92. The van der Waals surface area contributed by atoms with Gasteiger partial charge in [-0.15, -0.1) is 5.10 Å². The number of aromatic nitrogens is 5. The summed E-state index contributed by atoms with van der Waals surface area (Å²) in [5, 5.41) is 12.7. The molecule has 1 N–H and O–H groups in total. The van der Waals surface area contributed by atoms with Crippen LogP contribution in [0.15, 0.2) is 29.1 Å². The van der Waals surface area contributed by atoms with Crippen molar-refractivity contribution in [3.05, 3.63) is 46.0 Å². The molecule has 10 nitrogen and oxygen atoms in total. The summed E-state index contributed by atoms with van der Waals surface area (Å²) >= 11 is 0. The van der Waals surface area contributed by atoms with Crippen molar-refractivity contribution < 1.29 is 14.3 Å². The maximum atomic E-state index is 12.8. The quantitative estimate of drug-likeness (QED) is 0.503. The first-order valence-corrected chi connectivity index (χ1v) is 10.9. The van der Waals surface area contributed by atoms with Crippen molar-refractivity contribution in [1.82, 2.24) is 30.1 Å². The zero-order valence-electron chi connectivity index (χ0n) is 18.4. The molecule has 0 bridgehead atoms. The molecule has 4 rings (SSSR count). The Kier molecular flexibility index (Phi) is 6.79. The van der Waals surface area contributed by atoms with Gasteiger partial charge in [0.15, 0.2) is 5.82 Å². The van der Waals surface area contributed by atoms with Gasteiger partial charge in [-0.1, -0.05) is 12.8 Å². The highest BCUT2D eigenvalue weighted by atomic mass is 16.5. The number of benzene rings is 1. The number of aromatic amines is 1. The lowest BCUT2D eigenvalue weighted by Crippen LogP contribution is -2.35. The molecule has 3 aromatic rings. The summed E-state index contributed by atoms with van der Waals surface area (Å²) in [7, 11) is 1.62. The van der Waals surface area contributed by atoms with Gasteiger partial charge in [-0.05, 0) is 54.5 Å². The largest absolute Gasteiger partial charge is 0.497 e. The number of hydrogen-bond acceptors (Lipinski definition) is 8. The van der Waals surface area contributed by atoms with Crippen molar-refractivity contribution in [3.8, 4) is 5.75 Å². The van der Waals surface area contributed by atoms with Crippen LogP contribution < -0.4 is 10.3 Å². The van der Waals surface area contributed by atoms with Crippen molar-refractivity contribution in [3.63, 3.8) is 0 Å². The van der Waals surface area contributed by atoms with Gasteiger partial charge >= 0.3 is 5.97 Å². The number of fused-ring (bicyclic) bond motifs is 1. The van der Waals surface area contributed by atoms with E-state index in [9.17, 15) is 9.59 Å². The Balaban J connectivity index is 1.60. The van der Waals surface area contributed by atoms with E-state index < -0.39 is 0 Å². The van der Waals surface area contributed by atoms with E-state index in [0.29, 0.717) is 37.1 Å². The van der Waals surface area contributed by atoms with E-state index in [0.717, 1.165) is 42.3 Å². The van der Waals surface area contributed by atoms with Gasteiger partial charge in [0.05, 0.1) is 20.3 Å². The Morgan fingerprint density at radius 2 is 2.06 bits per heavy atom. The lowest BCUT2D eigenvalue weighted by molar-refractivity contribution is -0.144. The first kappa shape index (κ1) is 21.9. The summed E-state index contributed by atoms with van der Waals surface area (Å²) in [6, 6.07) is 7.82. The van der Waals surface area contributed by atoms with Gasteiger partial charge in [0, 0.05) is 29.1 Å². The summed E-state index contributed by atoms with van der Waals surface area (Å²) in [4.78, 5) is 29.9. The molecule has 1 saturated carbocycles. The predicted octanol–water partition coefficient (Wildman–Crippen LogP) is 2.03. The van der Waals surface area contributed by atoms with Crippen LogP contribution >= 0.6 is 0 Å². The van der Waals surface area contributed by atoms with Crippen molar-refractivity contribution in [1.29, 1.82) is 0 Å². The topological polar surface area (TPSA) is 115 Å². The summed E-state index contributed by atoms with van der Waals surface area (Å²) in [6.07, 6.45) is 4.41. The third kappa shape index (κ3) is 4.96. The molecular formula is C22H28N6O4. The van der Waals surface area contributed by atoms with Crippen LogP contribution in [0.5, 0.6) is 5.75 Å². The van der Waals surface area contributed by atoms with Crippen molar-refractivity contribution in [2.45, 2.75) is 58.3 Å². The van der Waals surface area contributed by atoms with Crippen molar-refractivity contribution in [2.24, 2.45) is 0 Å². The fourth-order valence-corrected chi connectivity index (χ4v) is 4.25. The monoisotopic (exact) mass is 440 g/mol. The Labute approximate surface area is 185 Å². The van der Waals surface area contributed by atoms with Gasteiger partial charge < -0.3 is 14.5 Å². The Hall–Kier alpha value is -3.27. The SMILES string of the molecule is CCOC(=O)Cn1nnnc1CN(Cc1cc2cc(OC)ccc2[nH]c1=O)C1CCCC1. The second-order valence-electron chi connectivity index (χ2n) is 7.98. The Bertz CT molecular complexity index is 1130. The molecule has 1 aromatic carbocycles. The zero-order valence-corrected chi connectivity index (χ0v) is 18.4. The normalized spacial score (nSPS) is 14.3. The Morgan fingerprint density at radius 3 is 2.81 bits per heavy atom. The summed E-state index contributed by atoms with van der Waals surface area (Å²) in [5.41, 5.74) is 1.32. The van der Waals surface area contributed by atoms with Crippen LogP contribution in [-0.4, -0.2) is 55.8 Å². The average Bonchev–Trinajstić information content (AvgIpc) is 3.46. The van der Waals surface area contributed by atoms with Gasteiger partial charge in [-0.2, -0.15) is 0 Å². The number of ether oxygens (including phenoxy) is 2. The molecule has 1 aliphatic carbocycles. The molecule has 0 aliphatic heterocycles. The van der Waals surface area contributed by atoms with Gasteiger partial charge in [-0.25, -0.2) is 4.68 Å². The molecule has 0 atom stereocenters. The van der Waals surface area contributed by atoms with Crippen LogP contribution in [0.25, 0.3) is 10.9 Å². The van der Waals surface area contributed by atoms with Crippen molar-refractivity contribution >= 4 is 16.9 Å². The number of nitrogens with one attached hydrogen (secondary N) is 1. The minimum Gasteiger partial charge on any atom is -0.497 e. The predicted molar refractivity (Wildman–Crippen MR) is 117 cm³/mol. The number of rotatable bonds is 9. The highest BCUT2D eigenvalue weighted by molar-refractivity contribution is 5.80. The smallest absolute Gasteiger partial charge is 0.327 e. The van der Waals surface area contributed by atoms with Crippen LogP contribution in [0.4, 0.5) is 0 Å². The molecule has 32 heavy (non-hydrogen) atoms. The molecule has 2 aromatic heterocycles. The molecule has 1 fully saturated rings. The fraction of sp³-hybridized carbons (Fsp3) is 0.500. The van der Waals surface area contributed by atoms with Crippen LogP contribution in [0.2, 0.25) is 0 Å². The molecule has 0 amide bonds. The van der Waals surface area contributed by atoms with E-state index in [1.54, 1.807) is 14.0 Å². The number of methoxy groups -OCH3 is 1. The maximum Gasteiger partial charge on any atom is 0.327 e. The van der Waals surface area contributed by atoms with Gasteiger partial charge in [0.1, 0.15) is 12.3 Å². The lowest BCUT2D eigenvalue weighted by Gasteiger charge is -2.28. The summed E-state index contributed by atoms with van der Waals surface area (Å²) < 4.78 is 11.8. The number of esters is 1. The third-order valence-electron chi connectivity index (χ3n) is 5.88. The van der Waals surface area contributed by atoms with E-state index in [-0.39, 0.29) is 18.1 Å². The lowest BCUT2D eigenvalue weighted by atomic mass is 10.1. The van der Waals surface area contributed by atoms with Gasteiger partial charge in [0.25, 0.3) is 5.56 Å². The van der Waals surface area contributed by atoms with Crippen molar-refractivity contribution in [2.75, 3.05) is 13.7 Å². The molecule has 170 valence electrons. The van der Waals surface area contributed by atoms with Crippen LogP contribution in [-0.2, 0) is 29.2 Å². The Morgan fingerprint density at radius 1 is 1.25 bits per heavy atom. The molecule has 0 radical (unpaired) electrons. The molecule has 10 heteroatoms. The second kappa shape index (κ2) is 9.90. The third-order valence-corrected chi connectivity index (χ3v) is 5.88. The molecule has 2 heterocycles. The average molecular weight is 441 g/mol. The molecule has 1 aliphatic rings. The number of nitrogens with zero attached hydrogens (tertiary/aromatic N) is 5. The minimum absolute atomic E-state index is 0.0367. The number of pyridine rings is 1. The number of tetrazole rings is 1. The maximum absolute atomic E-state index is 12.8. The second-order valence-corrected chi connectivity index (χ2v) is 7.98. The number of hydrogen-bond donors (Lipinski definition) is 1. The highest BCUT2D eigenvalue weighted by Crippen LogP contribution is 2.26. The van der Waals surface area contributed by atoms with E-state index in [4.69, 9.17) is 9.47 Å². The fourth-order valence-electron chi connectivity index (χ4n) is 4.25. The van der Waals surface area contributed by atoms with Gasteiger partial charge in [0.2, 0.25) is 0 Å². The molecule has 0 saturated heterocycles. The van der Waals surface area contributed by atoms with Crippen LogP contribution in [0.3, 0.4) is 0 Å². The van der Waals surface area contributed by atoms with E-state index >= 15 is 0 Å². The van der Waals surface area contributed by atoms with E-state index in [1.165, 1.54) is 4.68 Å².